The number of rotatable bonds is 12. The molecule has 0 radical (unpaired) electrons. The van der Waals surface area contributed by atoms with Crippen molar-refractivity contribution in [2.24, 2.45) is 11.8 Å². The third kappa shape index (κ3) is 7.94. The zero-order valence-corrected chi connectivity index (χ0v) is 25.8. The van der Waals surface area contributed by atoms with E-state index < -0.39 is 0 Å². The summed E-state index contributed by atoms with van der Waals surface area (Å²) in [6.07, 6.45) is 1.42. The maximum absolute atomic E-state index is 9.11. The first-order valence-electron chi connectivity index (χ1n) is 11.0. The molecule has 0 spiro atoms. The summed E-state index contributed by atoms with van der Waals surface area (Å²) in [6.45, 7) is 9.90. The number of hydrogen-bond acceptors (Lipinski definition) is 4. The fraction of sp³-hybridized carbons (Fsp3) is 0.520. The highest BCUT2D eigenvalue weighted by molar-refractivity contribution is 9.11. The van der Waals surface area contributed by atoms with Crippen LogP contribution in [0, 0.1) is 11.8 Å². The average molecular weight is 716 g/mol. The van der Waals surface area contributed by atoms with Crippen LogP contribution in [0.2, 0.25) is 0 Å². The predicted octanol–water partition coefficient (Wildman–Crippen LogP) is 7.86. The highest BCUT2D eigenvalue weighted by atomic mass is 79.9. The van der Waals surface area contributed by atoms with Crippen molar-refractivity contribution in [3.05, 3.63) is 53.3 Å². The smallest absolute Gasteiger partial charge is 0.147 e. The normalized spacial score (nSPS) is 13.6. The number of benzene rings is 2. The number of halogens is 4. The molecule has 33 heavy (non-hydrogen) atoms. The molecule has 0 fully saturated rings. The van der Waals surface area contributed by atoms with Crippen molar-refractivity contribution in [2.75, 3.05) is 26.4 Å². The van der Waals surface area contributed by atoms with Gasteiger partial charge in [0.25, 0.3) is 0 Å². The molecular weight excluding hydrogens is 684 g/mol. The van der Waals surface area contributed by atoms with Crippen LogP contribution in [0.5, 0.6) is 11.5 Å². The second kappa shape index (κ2) is 13.3. The molecule has 0 aliphatic heterocycles. The Morgan fingerprint density at radius 3 is 1.27 bits per heavy atom. The second-order valence-electron chi connectivity index (χ2n) is 9.02. The third-order valence-electron chi connectivity index (χ3n) is 5.71. The minimum atomic E-state index is -0.290. The van der Waals surface area contributed by atoms with E-state index in [1.54, 1.807) is 0 Å². The Morgan fingerprint density at radius 1 is 0.697 bits per heavy atom. The lowest BCUT2D eigenvalue weighted by molar-refractivity contribution is 0.206. The summed E-state index contributed by atoms with van der Waals surface area (Å²) in [6, 6.07) is 8.39. The zero-order valence-electron chi connectivity index (χ0n) is 19.4. The van der Waals surface area contributed by atoms with Crippen molar-refractivity contribution < 1.29 is 19.7 Å². The predicted molar refractivity (Wildman–Crippen MR) is 149 cm³/mol. The molecule has 8 heteroatoms. The zero-order chi connectivity index (χ0) is 24.8. The standard InChI is InChI=1S/C25H32Br4O4/c1-15(5-7-30)13-32-23-19(26)9-17(10-20(23)27)25(3,4)18-11-21(28)24(22(29)12-18)33-14-16(2)6-8-31/h9-12,15-16,30-31H,5-8,13-14H2,1-4H3. The van der Waals surface area contributed by atoms with E-state index in [1.807, 2.05) is 0 Å². The van der Waals surface area contributed by atoms with Gasteiger partial charge in [-0.1, -0.05) is 27.7 Å². The summed E-state index contributed by atoms with van der Waals surface area (Å²) in [5.74, 6) is 2.07. The maximum Gasteiger partial charge on any atom is 0.147 e. The van der Waals surface area contributed by atoms with Crippen molar-refractivity contribution in [1.29, 1.82) is 0 Å². The topological polar surface area (TPSA) is 58.9 Å². The van der Waals surface area contributed by atoms with E-state index in [1.165, 1.54) is 0 Å². The van der Waals surface area contributed by atoms with Gasteiger partial charge in [0.2, 0.25) is 0 Å². The first-order chi connectivity index (χ1) is 15.5. The molecule has 2 aromatic carbocycles. The van der Waals surface area contributed by atoms with Gasteiger partial charge in [0.15, 0.2) is 0 Å². The van der Waals surface area contributed by atoms with Gasteiger partial charge >= 0.3 is 0 Å². The molecule has 0 amide bonds. The van der Waals surface area contributed by atoms with Gasteiger partial charge in [-0.3, -0.25) is 0 Å². The molecule has 2 unspecified atom stereocenters. The lowest BCUT2D eigenvalue weighted by atomic mass is 9.78. The summed E-state index contributed by atoms with van der Waals surface area (Å²) < 4.78 is 15.6. The first-order valence-corrected chi connectivity index (χ1v) is 14.1. The highest BCUT2D eigenvalue weighted by Gasteiger charge is 2.27. The average Bonchev–Trinajstić information content (AvgIpc) is 2.72. The van der Waals surface area contributed by atoms with E-state index in [4.69, 9.17) is 19.7 Å². The van der Waals surface area contributed by atoms with Gasteiger partial charge in [-0.25, -0.2) is 0 Å². The molecule has 0 aliphatic rings. The monoisotopic (exact) mass is 712 g/mol. The Bertz CT molecular complexity index is 813. The van der Waals surface area contributed by atoms with Crippen LogP contribution in [0.15, 0.2) is 42.2 Å². The molecule has 2 aromatic rings. The Kier molecular flexibility index (Phi) is 11.7. The van der Waals surface area contributed by atoms with Gasteiger partial charge in [0.05, 0.1) is 31.1 Å². The van der Waals surface area contributed by atoms with Crippen LogP contribution in [0.3, 0.4) is 0 Å². The van der Waals surface area contributed by atoms with Crippen molar-refractivity contribution in [1.82, 2.24) is 0 Å². The van der Waals surface area contributed by atoms with E-state index in [2.05, 4.69) is 116 Å². The van der Waals surface area contributed by atoms with E-state index in [-0.39, 0.29) is 30.5 Å². The van der Waals surface area contributed by atoms with Crippen LogP contribution < -0.4 is 9.47 Å². The molecule has 2 N–H and O–H groups in total. The van der Waals surface area contributed by atoms with E-state index in [9.17, 15) is 0 Å². The Morgan fingerprint density at radius 2 is 1.00 bits per heavy atom. The molecule has 0 heterocycles. The number of hydrogen-bond donors (Lipinski definition) is 2. The van der Waals surface area contributed by atoms with Crippen LogP contribution in [0.25, 0.3) is 0 Å². The first kappa shape index (κ1) is 29.1. The van der Waals surface area contributed by atoms with Crippen LogP contribution in [-0.4, -0.2) is 36.6 Å². The maximum atomic E-state index is 9.11. The summed E-state index contributed by atoms with van der Waals surface area (Å²) in [5, 5.41) is 18.2. The number of aliphatic hydroxyl groups excluding tert-OH is 2. The van der Waals surface area contributed by atoms with Crippen molar-refractivity contribution >= 4 is 63.7 Å². The highest BCUT2D eigenvalue weighted by Crippen LogP contribution is 2.44. The van der Waals surface area contributed by atoms with E-state index >= 15 is 0 Å². The summed E-state index contributed by atoms with van der Waals surface area (Å²) >= 11 is 14.7. The van der Waals surface area contributed by atoms with Crippen LogP contribution in [-0.2, 0) is 5.41 Å². The molecule has 0 saturated carbocycles. The molecular formula is C25H32Br4O4. The van der Waals surface area contributed by atoms with Gasteiger partial charge in [-0.15, -0.1) is 0 Å². The fourth-order valence-corrected chi connectivity index (χ4v) is 6.17. The van der Waals surface area contributed by atoms with Crippen molar-refractivity contribution in [2.45, 2.75) is 46.0 Å². The number of aliphatic hydroxyl groups is 2. The number of ether oxygens (including phenoxy) is 2. The van der Waals surface area contributed by atoms with Crippen molar-refractivity contribution in [3.63, 3.8) is 0 Å². The lowest BCUT2D eigenvalue weighted by Gasteiger charge is -2.28. The minimum Gasteiger partial charge on any atom is -0.491 e. The molecule has 0 saturated heterocycles. The molecule has 2 atom stereocenters. The lowest BCUT2D eigenvalue weighted by Crippen LogP contribution is -2.20. The Hall–Kier alpha value is -0.120. The van der Waals surface area contributed by atoms with Gasteiger partial charge in [-0.05, 0) is 124 Å². The van der Waals surface area contributed by atoms with E-state index in [0.717, 1.165) is 40.5 Å². The summed E-state index contributed by atoms with van der Waals surface area (Å²) in [4.78, 5) is 0. The Labute approximate surface area is 231 Å². The van der Waals surface area contributed by atoms with Gasteiger partial charge in [-0.2, -0.15) is 0 Å². The van der Waals surface area contributed by atoms with Crippen LogP contribution in [0.4, 0.5) is 0 Å². The minimum absolute atomic E-state index is 0.163. The quantitative estimate of drug-likeness (QED) is 0.235. The second-order valence-corrected chi connectivity index (χ2v) is 12.4. The van der Waals surface area contributed by atoms with Crippen LogP contribution in [0.1, 0.15) is 51.7 Å². The Balaban J connectivity index is 2.28. The molecule has 184 valence electrons. The molecule has 0 aliphatic carbocycles. The van der Waals surface area contributed by atoms with Gasteiger partial charge < -0.3 is 19.7 Å². The summed E-state index contributed by atoms with van der Waals surface area (Å²) in [5.41, 5.74) is 1.96. The largest absolute Gasteiger partial charge is 0.491 e. The molecule has 0 bridgehead atoms. The molecule has 2 rings (SSSR count). The van der Waals surface area contributed by atoms with E-state index in [0.29, 0.717) is 26.1 Å². The molecule has 0 aromatic heterocycles. The SMILES string of the molecule is CC(CCO)COc1c(Br)cc(C(C)(C)c2cc(Br)c(OCC(C)CCO)c(Br)c2)cc1Br. The van der Waals surface area contributed by atoms with Gasteiger partial charge in [0.1, 0.15) is 11.5 Å². The summed E-state index contributed by atoms with van der Waals surface area (Å²) in [7, 11) is 0. The van der Waals surface area contributed by atoms with Crippen LogP contribution >= 0.6 is 63.7 Å². The molecule has 4 nitrogen and oxygen atoms in total. The third-order valence-corrected chi connectivity index (χ3v) is 8.06. The van der Waals surface area contributed by atoms with Crippen molar-refractivity contribution in [3.8, 4) is 11.5 Å². The fourth-order valence-electron chi connectivity index (χ4n) is 3.34. The van der Waals surface area contributed by atoms with Gasteiger partial charge in [0, 0.05) is 18.6 Å².